The van der Waals surface area contributed by atoms with Crippen molar-refractivity contribution in [2.24, 2.45) is 0 Å². The summed E-state index contributed by atoms with van der Waals surface area (Å²) in [7, 11) is 0. The molecule has 0 aliphatic heterocycles. The molecule has 136 valence electrons. The van der Waals surface area contributed by atoms with Crippen LogP contribution in [0.4, 0.5) is 13.2 Å². The van der Waals surface area contributed by atoms with Crippen LogP contribution in [0.2, 0.25) is 0 Å². The fraction of sp³-hybridized carbons (Fsp3) is 0.278. The first kappa shape index (κ1) is 18.1. The highest BCUT2D eigenvalue weighted by molar-refractivity contribution is 5.60. The number of hydrogen-bond acceptors (Lipinski definition) is 4. The summed E-state index contributed by atoms with van der Waals surface area (Å²) in [5, 5.41) is 21.6. The molecule has 0 bridgehead atoms. The summed E-state index contributed by atoms with van der Waals surface area (Å²) in [4.78, 5) is 1.31. The Bertz CT molecular complexity index is 873. The Hall–Kier alpha value is -2.74. The molecule has 0 saturated carbocycles. The van der Waals surface area contributed by atoms with E-state index >= 15 is 0 Å². The van der Waals surface area contributed by atoms with Gasteiger partial charge in [-0.2, -0.15) is 18.0 Å². The van der Waals surface area contributed by atoms with E-state index in [-0.39, 0.29) is 6.54 Å². The van der Waals surface area contributed by atoms with Crippen LogP contribution in [-0.2, 0) is 19.1 Å². The minimum Gasteiger partial charge on any atom is -0.391 e. The Morgan fingerprint density at radius 1 is 1.08 bits per heavy atom. The van der Waals surface area contributed by atoms with Crippen molar-refractivity contribution >= 4 is 0 Å². The zero-order valence-electron chi connectivity index (χ0n) is 14.0. The van der Waals surface area contributed by atoms with Crippen molar-refractivity contribution in [1.82, 2.24) is 20.2 Å². The molecule has 5 nitrogen and oxygen atoms in total. The molecule has 0 fully saturated rings. The van der Waals surface area contributed by atoms with E-state index in [2.05, 4.69) is 15.4 Å². The lowest BCUT2D eigenvalue weighted by Gasteiger charge is -2.09. The summed E-state index contributed by atoms with van der Waals surface area (Å²) in [5.41, 5.74) is 1.71. The van der Waals surface area contributed by atoms with Crippen molar-refractivity contribution in [2.45, 2.75) is 32.2 Å². The summed E-state index contributed by atoms with van der Waals surface area (Å²) < 4.78 is 38.0. The summed E-state index contributed by atoms with van der Waals surface area (Å²) in [6.07, 6.45) is -4.50. The van der Waals surface area contributed by atoms with E-state index in [0.29, 0.717) is 12.2 Å². The second kappa shape index (κ2) is 7.25. The number of tetrazole rings is 1. The first-order chi connectivity index (χ1) is 12.3. The Kier molecular flexibility index (Phi) is 5.03. The van der Waals surface area contributed by atoms with Crippen LogP contribution in [-0.4, -0.2) is 31.4 Å². The quantitative estimate of drug-likeness (QED) is 0.756. The molecule has 3 aromatic rings. The van der Waals surface area contributed by atoms with E-state index in [1.807, 2.05) is 24.3 Å². The van der Waals surface area contributed by atoms with Crippen LogP contribution in [0.1, 0.15) is 23.6 Å². The second-order valence-corrected chi connectivity index (χ2v) is 6.05. The Balaban J connectivity index is 1.84. The van der Waals surface area contributed by atoms with E-state index in [1.165, 1.54) is 16.9 Å². The predicted octanol–water partition coefficient (Wildman–Crippen LogP) is 3.33. The van der Waals surface area contributed by atoms with E-state index in [0.717, 1.165) is 28.8 Å². The van der Waals surface area contributed by atoms with E-state index in [4.69, 9.17) is 0 Å². The van der Waals surface area contributed by atoms with Gasteiger partial charge in [0, 0.05) is 5.56 Å². The van der Waals surface area contributed by atoms with E-state index < -0.39 is 17.8 Å². The van der Waals surface area contributed by atoms with Gasteiger partial charge in [-0.1, -0.05) is 36.4 Å². The van der Waals surface area contributed by atoms with Gasteiger partial charge < -0.3 is 5.11 Å². The third kappa shape index (κ3) is 4.26. The van der Waals surface area contributed by atoms with Gasteiger partial charge in [-0.25, -0.2) is 0 Å². The van der Waals surface area contributed by atoms with Crippen LogP contribution in [0.25, 0.3) is 11.4 Å². The molecule has 1 heterocycles. The lowest BCUT2D eigenvalue weighted by atomic mass is 9.98. The van der Waals surface area contributed by atoms with Gasteiger partial charge in [0.05, 0.1) is 18.2 Å². The highest BCUT2D eigenvalue weighted by Crippen LogP contribution is 2.30. The van der Waals surface area contributed by atoms with Crippen molar-refractivity contribution in [2.75, 3.05) is 0 Å². The summed E-state index contributed by atoms with van der Waals surface area (Å²) >= 11 is 0. The molecule has 8 heteroatoms. The number of alkyl halides is 3. The lowest BCUT2D eigenvalue weighted by molar-refractivity contribution is -0.137. The number of halogens is 3. The minimum absolute atomic E-state index is 0.230. The van der Waals surface area contributed by atoms with Crippen molar-refractivity contribution in [3.8, 4) is 11.4 Å². The molecule has 0 radical (unpaired) electrons. The van der Waals surface area contributed by atoms with Crippen LogP contribution in [0, 0.1) is 0 Å². The Morgan fingerprint density at radius 3 is 2.42 bits per heavy atom. The maximum atomic E-state index is 12.7. The number of hydrogen-bond donors (Lipinski definition) is 1. The van der Waals surface area contributed by atoms with Crippen molar-refractivity contribution in [1.29, 1.82) is 0 Å². The summed E-state index contributed by atoms with van der Waals surface area (Å²) in [6.45, 7) is 1.86. The maximum Gasteiger partial charge on any atom is 0.416 e. The molecular weight excluding hydrogens is 345 g/mol. The number of rotatable bonds is 5. The number of aromatic nitrogens is 4. The van der Waals surface area contributed by atoms with Gasteiger partial charge in [0.1, 0.15) is 0 Å². The molecule has 0 amide bonds. The van der Waals surface area contributed by atoms with Crippen LogP contribution in [0.5, 0.6) is 0 Å². The third-order valence-electron chi connectivity index (χ3n) is 3.81. The Morgan fingerprint density at radius 2 is 1.77 bits per heavy atom. The number of aliphatic hydroxyl groups is 1. The normalized spacial score (nSPS) is 13.0. The maximum absolute atomic E-state index is 12.7. The highest BCUT2D eigenvalue weighted by atomic mass is 19.4. The van der Waals surface area contributed by atoms with Crippen LogP contribution in [0.15, 0.2) is 48.5 Å². The largest absolute Gasteiger partial charge is 0.416 e. The molecule has 0 saturated heterocycles. The van der Waals surface area contributed by atoms with Gasteiger partial charge in [0.15, 0.2) is 0 Å². The van der Waals surface area contributed by atoms with Crippen LogP contribution in [0.3, 0.4) is 0 Å². The van der Waals surface area contributed by atoms with Gasteiger partial charge in [-0.15, -0.1) is 10.2 Å². The molecule has 2 aromatic carbocycles. The molecule has 3 rings (SSSR count). The first-order valence-electron chi connectivity index (χ1n) is 8.03. The molecule has 0 aliphatic rings. The van der Waals surface area contributed by atoms with Gasteiger partial charge in [0.2, 0.25) is 5.82 Å². The fourth-order valence-corrected chi connectivity index (χ4v) is 2.59. The summed E-state index contributed by atoms with van der Waals surface area (Å²) in [5.74, 6) is 0.410. The molecular formula is C18H17F3N4O. The smallest absolute Gasteiger partial charge is 0.391 e. The fourth-order valence-electron chi connectivity index (χ4n) is 2.59. The molecule has 0 aliphatic carbocycles. The van der Waals surface area contributed by atoms with Gasteiger partial charge in [-0.05, 0) is 41.8 Å². The second-order valence-electron chi connectivity index (χ2n) is 6.05. The van der Waals surface area contributed by atoms with Gasteiger partial charge in [-0.3, -0.25) is 0 Å². The van der Waals surface area contributed by atoms with Crippen molar-refractivity contribution in [3.63, 3.8) is 0 Å². The van der Waals surface area contributed by atoms with Crippen LogP contribution >= 0.6 is 0 Å². The van der Waals surface area contributed by atoms with Crippen molar-refractivity contribution in [3.05, 3.63) is 65.2 Å². The molecule has 1 atom stereocenters. The number of aliphatic hydroxyl groups excluding tert-OH is 1. The predicted molar refractivity (Wildman–Crippen MR) is 89.2 cm³/mol. The highest BCUT2D eigenvalue weighted by Gasteiger charge is 2.29. The molecule has 1 N–H and O–H groups in total. The summed E-state index contributed by atoms with van der Waals surface area (Å²) in [6, 6.07) is 12.5. The average Bonchev–Trinajstić information content (AvgIpc) is 3.02. The lowest BCUT2D eigenvalue weighted by Crippen LogP contribution is -2.14. The third-order valence-corrected chi connectivity index (χ3v) is 3.81. The van der Waals surface area contributed by atoms with E-state index in [1.54, 1.807) is 6.92 Å². The number of benzene rings is 2. The molecule has 0 spiro atoms. The topological polar surface area (TPSA) is 63.8 Å². The molecule has 1 unspecified atom stereocenters. The van der Waals surface area contributed by atoms with Crippen LogP contribution < -0.4 is 0 Å². The standard InChI is InChI=1S/C18H17F3N4O/c1-12(26)11-25-23-17(22-24-25)16-5-3-2-4-14(16)10-13-6-8-15(9-7-13)18(19,20)21/h2-9,12,26H,10-11H2,1H3. The SMILES string of the molecule is CC(O)Cn1nnc(-c2ccccc2Cc2ccc(C(F)(F)F)cc2)n1. The van der Waals surface area contributed by atoms with Crippen molar-refractivity contribution < 1.29 is 18.3 Å². The molecule has 1 aromatic heterocycles. The molecule has 26 heavy (non-hydrogen) atoms. The number of nitrogens with zero attached hydrogens (tertiary/aromatic N) is 4. The zero-order valence-corrected chi connectivity index (χ0v) is 14.0. The van der Waals surface area contributed by atoms with Gasteiger partial charge >= 0.3 is 6.18 Å². The van der Waals surface area contributed by atoms with Gasteiger partial charge in [0.25, 0.3) is 0 Å². The van der Waals surface area contributed by atoms with E-state index in [9.17, 15) is 18.3 Å². The zero-order chi connectivity index (χ0) is 18.7. The Labute approximate surface area is 148 Å². The minimum atomic E-state index is -4.34. The first-order valence-corrected chi connectivity index (χ1v) is 8.03. The monoisotopic (exact) mass is 362 g/mol. The average molecular weight is 362 g/mol.